The fourth-order valence-corrected chi connectivity index (χ4v) is 4.76. The van der Waals surface area contributed by atoms with E-state index in [1.54, 1.807) is 0 Å². The molecule has 1 atom stereocenters. The highest BCUT2D eigenvalue weighted by molar-refractivity contribution is 8.00. The van der Waals surface area contributed by atoms with E-state index in [0.717, 1.165) is 25.7 Å². The summed E-state index contributed by atoms with van der Waals surface area (Å²) < 4.78 is 1.85. The highest BCUT2D eigenvalue weighted by Crippen LogP contribution is 2.33. The topological polar surface area (TPSA) is 55.2 Å². The van der Waals surface area contributed by atoms with Crippen LogP contribution in [0.25, 0.3) is 10.9 Å². The third kappa shape index (κ3) is 3.65. The summed E-state index contributed by atoms with van der Waals surface area (Å²) in [6, 6.07) is 7.68. The molecule has 0 spiro atoms. The Morgan fingerprint density at radius 2 is 1.92 bits per heavy atom. The Morgan fingerprint density at radius 1 is 1.27 bits per heavy atom. The molecule has 1 aromatic carbocycles. The van der Waals surface area contributed by atoms with Crippen molar-refractivity contribution in [1.29, 1.82) is 0 Å². The van der Waals surface area contributed by atoms with E-state index in [9.17, 15) is 9.59 Å². The van der Waals surface area contributed by atoms with Gasteiger partial charge in [0.25, 0.3) is 5.56 Å². The molecule has 0 N–H and O–H groups in total. The average molecular weight is 374 g/mol. The number of amides is 1. The van der Waals surface area contributed by atoms with Gasteiger partial charge in [-0.15, -0.1) is 0 Å². The van der Waals surface area contributed by atoms with Crippen LogP contribution >= 0.6 is 11.8 Å². The van der Waals surface area contributed by atoms with Gasteiger partial charge in [-0.3, -0.25) is 14.2 Å². The third-order valence-electron chi connectivity index (χ3n) is 5.17. The first-order chi connectivity index (χ1) is 12.6. The molecule has 1 aliphatic rings. The van der Waals surface area contributed by atoms with Crippen LogP contribution in [0, 0.1) is 0 Å². The summed E-state index contributed by atoms with van der Waals surface area (Å²) in [5, 5.41) is 1.07. The zero-order chi connectivity index (χ0) is 18.7. The Kier molecular flexibility index (Phi) is 6.01. The van der Waals surface area contributed by atoms with Gasteiger partial charge in [-0.05, 0) is 45.7 Å². The number of rotatable bonds is 6. The molecule has 1 heterocycles. The molecule has 26 heavy (non-hydrogen) atoms. The van der Waals surface area contributed by atoms with Crippen LogP contribution in [0.5, 0.6) is 0 Å². The smallest absolute Gasteiger partial charge is 0.262 e. The largest absolute Gasteiger partial charge is 0.342 e. The number of thioether (sulfide) groups is 1. The maximum atomic E-state index is 13.1. The van der Waals surface area contributed by atoms with Crippen LogP contribution in [0.4, 0.5) is 0 Å². The molecule has 5 nitrogen and oxygen atoms in total. The third-order valence-corrected chi connectivity index (χ3v) is 6.22. The summed E-state index contributed by atoms with van der Waals surface area (Å²) in [7, 11) is 0. The van der Waals surface area contributed by atoms with E-state index < -0.39 is 0 Å². The van der Waals surface area contributed by atoms with Crippen molar-refractivity contribution in [3.05, 3.63) is 34.6 Å². The van der Waals surface area contributed by atoms with Gasteiger partial charge in [0.1, 0.15) is 0 Å². The molecule has 1 fully saturated rings. The maximum absolute atomic E-state index is 13.1. The van der Waals surface area contributed by atoms with Gasteiger partial charge in [-0.1, -0.05) is 36.7 Å². The number of benzene rings is 1. The predicted molar refractivity (Wildman–Crippen MR) is 107 cm³/mol. The number of carbonyl (C=O) groups excluding carboxylic acids is 1. The van der Waals surface area contributed by atoms with Crippen molar-refractivity contribution in [2.24, 2.45) is 0 Å². The lowest BCUT2D eigenvalue weighted by Crippen LogP contribution is -2.36. The first kappa shape index (κ1) is 19.0. The molecule has 140 valence electrons. The van der Waals surface area contributed by atoms with Crippen molar-refractivity contribution < 1.29 is 4.79 Å². The first-order valence-electron chi connectivity index (χ1n) is 9.53. The molecule has 6 heteroatoms. The number of aromatic nitrogens is 2. The molecular formula is C20H27N3O2S. The SMILES string of the molecule is CCN(CC)C(=O)C(C)Sc1nc2ccccc2c(=O)n1C1CCCC1. The second-order valence-corrected chi connectivity index (χ2v) is 8.10. The summed E-state index contributed by atoms with van der Waals surface area (Å²) in [5.74, 6) is 0.0976. The lowest BCUT2D eigenvalue weighted by atomic mass is 10.2. The van der Waals surface area contributed by atoms with Crippen molar-refractivity contribution >= 4 is 28.6 Å². The van der Waals surface area contributed by atoms with Crippen molar-refractivity contribution in [3.63, 3.8) is 0 Å². The van der Waals surface area contributed by atoms with Gasteiger partial charge >= 0.3 is 0 Å². The van der Waals surface area contributed by atoms with Gasteiger partial charge < -0.3 is 4.90 Å². The first-order valence-corrected chi connectivity index (χ1v) is 10.4. The fraction of sp³-hybridized carbons (Fsp3) is 0.550. The molecule has 1 aliphatic carbocycles. The lowest BCUT2D eigenvalue weighted by Gasteiger charge is -2.24. The molecule has 0 aliphatic heterocycles. The van der Waals surface area contributed by atoms with E-state index in [0.29, 0.717) is 29.1 Å². The van der Waals surface area contributed by atoms with E-state index in [-0.39, 0.29) is 22.8 Å². The number of hydrogen-bond donors (Lipinski definition) is 0. The van der Waals surface area contributed by atoms with E-state index in [1.165, 1.54) is 11.8 Å². The normalized spacial score (nSPS) is 16.1. The van der Waals surface area contributed by atoms with Gasteiger partial charge in [0.2, 0.25) is 5.91 Å². The summed E-state index contributed by atoms with van der Waals surface area (Å²) in [4.78, 5) is 32.4. The minimum absolute atomic E-state index is 0.0208. The fourth-order valence-electron chi connectivity index (χ4n) is 3.69. The van der Waals surface area contributed by atoms with Crippen LogP contribution in [-0.4, -0.2) is 38.7 Å². The highest BCUT2D eigenvalue weighted by atomic mass is 32.2. The van der Waals surface area contributed by atoms with Gasteiger partial charge in [0.05, 0.1) is 16.2 Å². The molecule has 1 amide bonds. The Bertz CT molecular complexity index is 839. The summed E-state index contributed by atoms with van der Waals surface area (Å²) >= 11 is 1.41. The monoisotopic (exact) mass is 373 g/mol. The molecule has 0 saturated heterocycles. The predicted octanol–water partition coefficient (Wildman–Crippen LogP) is 3.86. The van der Waals surface area contributed by atoms with Crippen LogP contribution < -0.4 is 5.56 Å². The van der Waals surface area contributed by atoms with E-state index in [4.69, 9.17) is 4.98 Å². The number of para-hydroxylation sites is 1. The summed E-state index contributed by atoms with van der Waals surface area (Å²) in [5.41, 5.74) is 0.726. The van der Waals surface area contributed by atoms with Crippen LogP contribution in [0.1, 0.15) is 52.5 Å². The second kappa shape index (κ2) is 8.25. The van der Waals surface area contributed by atoms with E-state index in [1.807, 2.05) is 54.5 Å². The van der Waals surface area contributed by atoms with E-state index >= 15 is 0 Å². The zero-order valence-corrected chi connectivity index (χ0v) is 16.6. The van der Waals surface area contributed by atoms with Gasteiger partial charge in [0, 0.05) is 19.1 Å². The van der Waals surface area contributed by atoms with Crippen LogP contribution in [0.3, 0.4) is 0 Å². The Morgan fingerprint density at radius 3 is 2.58 bits per heavy atom. The lowest BCUT2D eigenvalue weighted by molar-refractivity contribution is -0.129. The standard InChI is InChI=1S/C20H27N3O2S/c1-4-22(5-2)18(24)14(3)26-20-21-17-13-9-8-12-16(17)19(25)23(20)15-10-6-7-11-15/h8-9,12-15H,4-7,10-11H2,1-3H3. The van der Waals surface area contributed by atoms with Crippen molar-refractivity contribution in [2.45, 2.75) is 62.9 Å². The number of nitrogens with zero attached hydrogens (tertiary/aromatic N) is 3. The summed E-state index contributed by atoms with van der Waals surface area (Å²) in [6.07, 6.45) is 4.29. The van der Waals surface area contributed by atoms with Crippen molar-refractivity contribution in [1.82, 2.24) is 14.5 Å². The number of fused-ring (bicyclic) bond motifs is 1. The van der Waals surface area contributed by atoms with Gasteiger partial charge in [-0.25, -0.2) is 4.98 Å². The minimum atomic E-state index is -0.268. The number of hydrogen-bond acceptors (Lipinski definition) is 4. The van der Waals surface area contributed by atoms with Crippen LogP contribution in [0.15, 0.2) is 34.2 Å². The Labute approximate surface area is 158 Å². The van der Waals surface area contributed by atoms with Gasteiger partial charge in [0.15, 0.2) is 5.16 Å². The second-order valence-electron chi connectivity index (χ2n) is 6.80. The summed E-state index contributed by atoms with van der Waals surface area (Å²) in [6.45, 7) is 7.27. The molecule has 3 rings (SSSR count). The molecule has 0 radical (unpaired) electrons. The molecule has 1 aromatic heterocycles. The molecular weight excluding hydrogens is 346 g/mol. The zero-order valence-electron chi connectivity index (χ0n) is 15.8. The van der Waals surface area contributed by atoms with Crippen LogP contribution in [0.2, 0.25) is 0 Å². The molecule has 1 unspecified atom stereocenters. The minimum Gasteiger partial charge on any atom is -0.342 e. The number of carbonyl (C=O) groups is 1. The van der Waals surface area contributed by atoms with Gasteiger partial charge in [-0.2, -0.15) is 0 Å². The maximum Gasteiger partial charge on any atom is 0.262 e. The molecule has 0 bridgehead atoms. The van der Waals surface area contributed by atoms with Crippen molar-refractivity contribution in [3.8, 4) is 0 Å². The van der Waals surface area contributed by atoms with Crippen molar-refractivity contribution in [2.75, 3.05) is 13.1 Å². The van der Waals surface area contributed by atoms with E-state index in [2.05, 4.69) is 0 Å². The van der Waals surface area contributed by atoms with Crippen LogP contribution in [-0.2, 0) is 4.79 Å². The highest BCUT2D eigenvalue weighted by Gasteiger charge is 2.26. The Balaban J connectivity index is 2.02. The Hall–Kier alpha value is -1.82. The molecule has 2 aromatic rings. The average Bonchev–Trinajstić information content (AvgIpc) is 3.17. The molecule has 1 saturated carbocycles. The quantitative estimate of drug-likeness (QED) is 0.570.